The van der Waals surface area contributed by atoms with Gasteiger partial charge >= 0.3 is 0 Å². The van der Waals surface area contributed by atoms with Crippen molar-refractivity contribution < 1.29 is 9.90 Å². The third kappa shape index (κ3) is 2.43. The van der Waals surface area contributed by atoms with Crippen LogP contribution < -0.4 is 11.1 Å². The molecule has 5 heteroatoms. The Morgan fingerprint density at radius 3 is 3.07 bits per heavy atom. The third-order valence-corrected chi connectivity index (χ3v) is 1.71. The van der Waals surface area contributed by atoms with Crippen molar-refractivity contribution in [1.29, 1.82) is 0 Å². The van der Waals surface area contributed by atoms with Gasteiger partial charge in [0.25, 0.3) is 5.91 Å². The molecule has 0 saturated heterocycles. The minimum Gasteiger partial charge on any atom is -0.397 e. The lowest BCUT2D eigenvalue weighted by atomic mass is 10.2. The van der Waals surface area contributed by atoms with Gasteiger partial charge in [0.2, 0.25) is 0 Å². The van der Waals surface area contributed by atoms with E-state index >= 15 is 0 Å². The summed E-state index contributed by atoms with van der Waals surface area (Å²) in [5.41, 5.74) is 6.07. The van der Waals surface area contributed by atoms with Crippen molar-refractivity contribution in [2.75, 3.05) is 12.3 Å². The number of nitrogens with two attached hydrogens (primary N) is 1. The van der Waals surface area contributed by atoms with E-state index in [1.54, 1.807) is 19.1 Å². The van der Waals surface area contributed by atoms with Crippen LogP contribution in [0.2, 0.25) is 0 Å². The summed E-state index contributed by atoms with van der Waals surface area (Å²) in [5, 5.41) is 11.3. The fourth-order valence-electron chi connectivity index (χ4n) is 0.945. The quantitative estimate of drug-likeness (QED) is 0.622. The maximum atomic E-state index is 11.5. The Labute approximate surface area is 82.0 Å². The largest absolute Gasteiger partial charge is 0.397 e. The second-order valence-corrected chi connectivity index (χ2v) is 3.00. The summed E-state index contributed by atoms with van der Waals surface area (Å²) in [6.45, 7) is 1.58. The highest BCUT2D eigenvalue weighted by Gasteiger charge is 2.12. The monoisotopic (exact) mass is 195 g/mol. The zero-order chi connectivity index (χ0) is 10.6. The molecule has 14 heavy (non-hydrogen) atoms. The Morgan fingerprint density at radius 1 is 1.79 bits per heavy atom. The number of anilines is 1. The lowest BCUT2D eigenvalue weighted by Crippen LogP contribution is -2.35. The molecule has 76 valence electrons. The summed E-state index contributed by atoms with van der Waals surface area (Å²) in [7, 11) is 0. The first kappa shape index (κ1) is 10.5. The first-order chi connectivity index (χ1) is 6.65. The molecule has 0 saturated carbocycles. The predicted molar refractivity (Wildman–Crippen MR) is 52.7 cm³/mol. The van der Waals surface area contributed by atoms with E-state index in [0.29, 0.717) is 5.69 Å². The van der Waals surface area contributed by atoms with E-state index in [0.717, 1.165) is 0 Å². The second-order valence-electron chi connectivity index (χ2n) is 3.00. The highest BCUT2D eigenvalue weighted by Crippen LogP contribution is 2.06. The number of carbonyl (C=O) groups excluding carboxylic acids is 1. The lowest BCUT2D eigenvalue weighted by Gasteiger charge is -2.10. The molecule has 1 atom stereocenters. The molecule has 1 rings (SSSR count). The molecule has 1 aromatic heterocycles. The average molecular weight is 195 g/mol. The number of aromatic nitrogens is 1. The molecule has 0 aliphatic heterocycles. The number of nitrogens with zero attached hydrogens (tertiary/aromatic N) is 1. The SMILES string of the molecule is C[C@@H](CO)NC(=O)c1ncccc1N. The van der Waals surface area contributed by atoms with Crippen molar-refractivity contribution in [3.63, 3.8) is 0 Å². The minimum absolute atomic E-state index is 0.113. The van der Waals surface area contributed by atoms with Gasteiger partial charge in [0.05, 0.1) is 12.3 Å². The standard InChI is InChI=1S/C9H13N3O2/c1-6(5-13)12-9(14)8-7(10)3-2-4-11-8/h2-4,6,13H,5,10H2,1H3,(H,12,14)/t6-/m0/s1. The molecule has 0 aromatic carbocycles. The van der Waals surface area contributed by atoms with E-state index in [4.69, 9.17) is 10.8 Å². The summed E-state index contributed by atoms with van der Waals surface area (Å²) in [5.74, 6) is -0.371. The normalized spacial score (nSPS) is 12.1. The van der Waals surface area contributed by atoms with Crippen molar-refractivity contribution in [1.82, 2.24) is 10.3 Å². The number of pyridine rings is 1. The Morgan fingerprint density at radius 2 is 2.50 bits per heavy atom. The molecular weight excluding hydrogens is 182 g/mol. The van der Waals surface area contributed by atoms with E-state index in [1.807, 2.05) is 0 Å². The van der Waals surface area contributed by atoms with Gasteiger partial charge in [-0.1, -0.05) is 0 Å². The topological polar surface area (TPSA) is 88.2 Å². The van der Waals surface area contributed by atoms with Gasteiger partial charge in [0.15, 0.2) is 5.69 Å². The summed E-state index contributed by atoms with van der Waals surface area (Å²) in [6.07, 6.45) is 1.49. The van der Waals surface area contributed by atoms with E-state index in [9.17, 15) is 4.79 Å². The van der Waals surface area contributed by atoms with Crippen LogP contribution >= 0.6 is 0 Å². The zero-order valence-electron chi connectivity index (χ0n) is 7.90. The van der Waals surface area contributed by atoms with Gasteiger partial charge in [-0.2, -0.15) is 0 Å². The van der Waals surface area contributed by atoms with Gasteiger partial charge in [-0.15, -0.1) is 0 Å². The van der Waals surface area contributed by atoms with Crippen LogP contribution in [0, 0.1) is 0 Å². The van der Waals surface area contributed by atoms with Gasteiger partial charge in [0, 0.05) is 12.2 Å². The molecule has 1 amide bonds. The number of rotatable bonds is 3. The van der Waals surface area contributed by atoms with Gasteiger partial charge in [-0.3, -0.25) is 4.79 Å². The minimum atomic E-state index is -0.371. The molecule has 0 unspecified atom stereocenters. The Kier molecular flexibility index (Phi) is 3.41. The molecule has 0 aliphatic rings. The smallest absolute Gasteiger partial charge is 0.272 e. The second kappa shape index (κ2) is 4.57. The van der Waals surface area contributed by atoms with Crippen molar-refractivity contribution in [2.45, 2.75) is 13.0 Å². The maximum Gasteiger partial charge on any atom is 0.272 e. The summed E-state index contributed by atoms with van der Waals surface area (Å²) in [6, 6.07) is 2.96. The number of aliphatic hydroxyl groups is 1. The van der Waals surface area contributed by atoms with Crippen LogP contribution in [0.4, 0.5) is 5.69 Å². The van der Waals surface area contributed by atoms with Crippen molar-refractivity contribution in [2.24, 2.45) is 0 Å². The molecule has 0 aliphatic carbocycles. The van der Waals surface area contributed by atoms with Gasteiger partial charge in [0.1, 0.15) is 0 Å². The molecule has 0 spiro atoms. The van der Waals surface area contributed by atoms with E-state index in [1.165, 1.54) is 6.20 Å². The number of hydrogen-bond donors (Lipinski definition) is 3. The molecule has 0 fully saturated rings. The maximum absolute atomic E-state index is 11.5. The summed E-state index contributed by atoms with van der Waals surface area (Å²) >= 11 is 0. The van der Waals surface area contributed by atoms with Crippen LogP contribution in [0.5, 0.6) is 0 Å². The summed E-state index contributed by atoms with van der Waals surface area (Å²) < 4.78 is 0. The predicted octanol–water partition coefficient (Wildman–Crippen LogP) is -0.226. The number of amides is 1. The molecular formula is C9H13N3O2. The zero-order valence-corrected chi connectivity index (χ0v) is 7.90. The van der Waals surface area contributed by atoms with Gasteiger partial charge < -0.3 is 16.2 Å². The van der Waals surface area contributed by atoms with Crippen molar-refractivity contribution in [3.05, 3.63) is 24.0 Å². The van der Waals surface area contributed by atoms with Crippen molar-refractivity contribution >= 4 is 11.6 Å². The number of hydrogen-bond acceptors (Lipinski definition) is 4. The molecule has 0 bridgehead atoms. The van der Waals surface area contributed by atoms with Gasteiger partial charge in [-0.05, 0) is 19.1 Å². The van der Waals surface area contributed by atoms with Crippen LogP contribution in [0.1, 0.15) is 17.4 Å². The Bertz CT molecular complexity index is 328. The van der Waals surface area contributed by atoms with Gasteiger partial charge in [-0.25, -0.2) is 4.98 Å². The fourth-order valence-corrected chi connectivity index (χ4v) is 0.945. The number of nitrogen functional groups attached to an aromatic ring is 1. The van der Waals surface area contributed by atoms with Crippen LogP contribution in [0.3, 0.4) is 0 Å². The van der Waals surface area contributed by atoms with E-state index < -0.39 is 0 Å². The Hall–Kier alpha value is -1.62. The fraction of sp³-hybridized carbons (Fsp3) is 0.333. The third-order valence-electron chi connectivity index (χ3n) is 1.71. The highest BCUT2D eigenvalue weighted by atomic mass is 16.3. The average Bonchev–Trinajstić information content (AvgIpc) is 2.18. The number of carbonyl (C=O) groups is 1. The molecule has 4 N–H and O–H groups in total. The van der Waals surface area contributed by atoms with Crippen LogP contribution in [0.15, 0.2) is 18.3 Å². The van der Waals surface area contributed by atoms with E-state index in [2.05, 4.69) is 10.3 Å². The number of nitrogens with one attached hydrogen (secondary N) is 1. The molecule has 0 radical (unpaired) electrons. The highest BCUT2D eigenvalue weighted by molar-refractivity contribution is 5.97. The van der Waals surface area contributed by atoms with Crippen molar-refractivity contribution in [3.8, 4) is 0 Å². The van der Waals surface area contributed by atoms with Crippen LogP contribution in [0.25, 0.3) is 0 Å². The molecule has 5 nitrogen and oxygen atoms in total. The first-order valence-electron chi connectivity index (χ1n) is 4.27. The number of aliphatic hydroxyl groups excluding tert-OH is 1. The Balaban J connectivity index is 2.75. The molecule has 1 heterocycles. The molecule has 1 aromatic rings. The lowest BCUT2D eigenvalue weighted by molar-refractivity contribution is 0.0918. The van der Waals surface area contributed by atoms with Crippen LogP contribution in [-0.2, 0) is 0 Å². The summed E-state index contributed by atoms with van der Waals surface area (Å²) in [4.78, 5) is 15.3. The van der Waals surface area contributed by atoms with E-state index in [-0.39, 0.29) is 24.2 Å². The van der Waals surface area contributed by atoms with Crippen LogP contribution in [-0.4, -0.2) is 28.6 Å². The first-order valence-corrected chi connectivity index (χ1v) is 4.27.